The maximum absolute atomic E-state index is 13.0. The van der Waals surface area contributed by atoms with Crippen LogP contribution in [0.4, 0.5) is 5.69 Å². The van der Waals surface area contributed by atoms with E-state index >= 15 is 0 Å². The monoisotopic (exact) mass is 436 g/mol. The van der Waals surface area contributed by atoms with Gasteiger partial charge < -0.3 is 14.0 Å². The van der Waals surface area contributed by atoms with E-state index in [2.05, 4.69) is 4.98 Å². The average Bonchev–Trinajstić information content (AvgIpc) is 2.67. The number of nitro benzene ring substituents is 1. The van der Waals surface area contributed by atoms with E-state index in [0.29, 0.717) is 27.1 Å². The Morgan fingerprint density at radius 2 is 1.72 bits per heavy atom. The molecule has 0 aliphatic rings. The van der Waals surface area contributed by atoms with Crippen molar-refractivity contribution in [2.45, 2.75) is 13.8 Å². The molecule has 0 bridgehead atoms. The fourth-order valence-electron chi connectivity index (χ4n) is 2.92. The SMILES string of the molecule is CCOP(=O)(OCC)c1cc2cc(-c3ccc([N+](=O)[O-])cc3)c(Cl)cc2[nH]c1=O. The Balaban J connectivity index is 2.17. The number of benzene rings is 2. The summed E-state index contributed by atoms with van der Waals surface area (Å²) in [6.45, 7) is 3.55. The maximum atomic E-state index is 13.0. The molecule has 3 aromatic rings. The lowest BCUT2D eigenvalue weighted by Gasteiger charge is -2.17. The summed E-state index contributed by atoms with van der Waals surface area (Å²) < 4.78 is 23.6. The fraction of sp³-hybridized carbons (Fsp3) is 0.211. The van der Waals surface area contributed by atoms with Gasteiger partial charge in [0.05, 0.1) is 23.2 Å². The summed E-state index contributed by atoms with van der Waals surface area (Å²) in [6.07, 6.45) is 0. The van der Waals surface area contributed by atoms with E-state index in [0.717, 1.165) is 0 Å². The fourth-order valence-corrected chi connectivity index (χ4v) is 4.83. The molecule has 10 heteroatoms. The van der Waals surface area contributed by atoms with Crippen molar-refractivity contribution in [3.63, 3.8) is 0 Å². The molecule has 0 aliphatic heterocycles. The number of aromatic nitrogens is 1. The summed E-state index contributed by atoms with van der Waals surface area (Å²) >= 11 is 6.36. The van der Waals surface area contributed by atoms with Gasteiger partial charge in [0.2, 0.25) is 0 Å². The predicted octanol–water partition coefficient (Wildman–Crippen LogP) is 4.65. The Labute approximate surface area is 171 Å². The molecule has 0 unspecified atom stereocenters. The minimum Gasteiger partial charge on any atom is -0.321 e. The maximum Gasteiger partial charge on any atom is 0.366 e. The van der Waals surface area contributed by atoms with Crippen LogP contribution < -0.4 is 10.9 Å². The van der Waals surface area contributed by atoms with Crippen LogP contribution in [0.2, 0.25) is 5.02 Å². The number of hydrogen-bond acceptors (Lipinski definition) is 6. The molecule has 8 nitrogen and oxygen atoms in total. The van der Waals surface area contributed by atoms with E-state index < -0.39 is 18.1 Å². The third-order valence-electron chi connectivity index (χ3n) is 4.19. The van der Waals surface area contributed by atoms with Crippen molar-refractivity contribution in [3.05, 3.63) is 68.0 Å². The van der Waals surface area contributed by atoms with E-state index in [4.69, 9.17) is 20.6 Å². The zero-order valence-electron chi connectivity index (χ0n) is 15.7. The Morgan fingerprint density at radius 1 is 1.10 bits per heavy atom. The first-order chi connectivity index (χ1) is 13.8. The molecule has 152 valence electrons. The predicted molar refractivity (Wildman–Crippen MR) is 112 cm³/mol. The highest BCUT2D eigenvalue weighted by Crippen LogP contribution is 2.46. The van der Waals surface area contributed by atoms with Gasteiger partial charge >= 0.3 is 7.60 Å². The highest BCUT2D eigenvalue weighted by molar-refractivity contribution is 7.62. The van der Waals surface area contributed by atoms with E-state index in [9.17, 15) is 19.5 Å². The summed E-state index contributed by atoms with van der Waals surface area (Å²) in [5, 5.41) is 11.7. The summed E-state index contributed by atoms with van der Waals surface area (Å²) in [5.74, 6) is 0. The van der Waals surface area contributed by atoms with Gasteiger partial charge in [0.1, 0.15) is 5.30 Å². The normalized spacial score (nSPS) is 11.7. The molecule has 1 heterocycles. The number of nitrogens with one attached hydrogen (secondary N) is 1. The lowest BCUT2D eigenvalue weighted by atomic mass is 10.0. The number of H-pyrrole nitrogens is 1. The van der Waals surface area contributed by atoms with Gasteiger partial charge in [0.25, 0.3) is 11.2 Å². The number of nitro groups is 1. The smallest absolute Gasteiger partial charge is 0.321 e. The third-order valence-corrected chi connectivity index (χ3v) is 6.63. The molecule has 1 aromatic heterocycles. The van der Waals surface area contributed by atoms with Crippen LogP contribution in [-0.4, -0.2) is 23.1 Å². The van der Waals surface area contributed by atoms with Crippen LogP contribution in [0.25, 0.3) is 22.0 Å². The number of non-ortho nitro benzene ring substituents is 1. The number of hydrogen-bond donors (Lipinski definition) is 1. The van der Waals surface area contributed by atoms with Crippen LogP contribution in [-0.2, 0) is 13.6 Å². The number of halogens is 1. The average molecular weight is 437 g/mol. The van der Waals surface area contributed by atoms with Gasteiger partial charge in [-0.3, -0.25) is 19.5 Å². The Bertz CT molecular complexity index is 1170. The highest BCUT2D eigenvalue weighted by Gasteiger charge is 2.30. The van der Waals surface area contributed by atoms with Crippen molar-refractivity contribution in [2.24, 2.45) is 0 Å². The van der Waals surface area contributed by atoms with E-state index in [-0.39, 0.29) is 24.2 Å². The standard InChI is InChI=1S/C19H18ClN2O6P/c1-3-27-29(26,28-4-2)18-10-13-9-15(16(20)11-17(13)21-19(18)23)12-5-7-14(8-6-12)22(24)25/h5-11H,3-4H2,1-2H3,(H,21,23). The molecule has 1 N–H and O–H groups in total. The van der Waals surface area contributed by atoms with E-state index in [1.165, 1.54) is 18.2 Å². The number of pyridine rings is 1. The second-order valence-electron chi connectivity index (χ2n) is 6.04. The third kappa shape index (κ3) is 4.26. The van der Waals surface area contributed by atoms with Gasteiger partial charge in [-0.15, -0.1) is 0 Å². The molecule has 0 saturated carbocycles. The van der Waals surface area contributed by atoms with Crippen LogP contribution in [0.3, 0.4) is 0 Å². The molecular weight excluding hydrogens is 419 g/mol. The molecule has 0 fully saturated rings. The summed E-state index contributed by atoms with van der Waals surface area (Å²) in [6, 6.07) is 10.7. The van der Waals surface area contributed by atoms with Gasteiger partial charge in [-0.2, -0.15) is 0 Å². The first-order valence-corrected chi connectivity index (χ1v) is 10.7. The largest absolute Gasteiger partial charge is 0.366 e. The van der Waals surface area contributed by atoms with Crippen molar-refractivity contribution in [2.75, 3.05) is 13.2 Å². The summed E-state index contributed by atoms with van der Waals surface area (Å²) in [4.78, 5) is 25.5. The molecule has 29 heavy (non-hydrogen) atoms. The first-order valence-electron chi connectivity index (χ1n) is 8.80. The zero-order chi connectivity index (χ0) is 21.2. The molecule has 0 atom stereocenters. The van der Waals surface area contributed by atoms with Crippen LogP contribution >= 0.6 is 19.2 Å². The number of fused-ring (bicyclic) bond motifs is 1. The quantitative estimate of drug-likeness (QED) is 0.328. The molecule has 0 radical (unpaired) electrons. The highest BCUT2D eigenvalue weighted by atomic mass is 35.5. The first kappa shape index (κ1) is 21.2. The second kappa shape index (κ2) is 8.47. The van der Waals surface area contributed by atoms with Crippen LogP contribution in [0, 0.1) is 10.1 Å². The van der Waals surface area contributed by atoms with Crippen molar-refractivity contribution in [1.82, 2.24) is 4.98 Å². The number of rotatable bonds is 7. The second-order valence-corrected chi connectivity index (χ2v) is 8.44. The Kier molecular flexibility index (Phi) is 6.19. The van der Waals surface area contributed by atoms with Gasteiger partial charge in [0, 0.05) is 23.2 Å². The lowest BCUT2D eigenvalue weighted by Crippen LogP contribution is -2.29. The zero-order valence-corrected chi connectivity index (χ0v) is 17.3. The minimum atomic E-state index is -3.78. The van der Waals surface area contributed by atoms with Crippen molar-refractivity contribution in [3.8, 4) is 11.1 Å². The molecule has 0 amide bonds. The van der Waals surface area contributed by atoms with Gasteiger partial charge in [-0.25, -0.2) is 0 Å². The molecular formula is C19H18ClN2O6P. The van der Waals surface area contributed by atoms with Crippen molar-refractivity contribution in [1.29, 1.82) is 0 Å². The van der Waals surface area contributed by atoms with Gasteiger partial charge in [0.15, 0.2) is 0 Å². The number of aromatic amines is 1. The van der Waals surface area contributed by atoms with Crippen LogP contribution in [0.1, 0.15) is 13.8 Å². The van der Waals surface area contributed by atoms with Crippen molar-refractivity contribution >= 4 is 41.1 Å². The van der Waals surface area contributed by atoms with Gasteiger partial charge in [-0.1, -0.05) is 11.6 Å². The molecule has 3 rings (SSSR count). The summed E-state index contributed by atoms with van der Waals surface area (Å²) in [7, 11) is -3.78. The lowest BCUT2D eigenvalue weighted by molar-refractivity contribution is -0.384. The van der Waals surface area contributed by atoms with Crippen LogP contribution in [0.15, 0.2) is 47.3 Å². The summed E-state index contributed by atoms with van der Waals surface area (Å²) in [5.41, 5.74) is 1.10. The van der Waals surface area contributed by atoms with Crippen molar-refractivity contribution < 1.29 is 18.5 Å². The molecule has 0 spiro atoms. The minimum absolute atomic E-state index is 0.0355. The Morgan fingerprint density at radius 3 is 2.28 bits per heavy atom. The topological polar surface area (TPSA) is 112 Å². The molecule has 2 aromatic carbocycles. The van der Waals surface area contributed by atoms with Gasteiger partial charge in [-0.05, 0) is 55.1 Å². The van der Waals surface area contributed by atoms with Crippen LogP contribution in [0.5, 0.6) is 0 Å². The van der Waals surface area contributed by atoms with E-state index in [1.807, 2.05) is 0 Å². The Hall–Kier alpha value is -2.51. The molecule has 0 saturated heterocycles. The van der Waals surface area contributed by atoms with E-state index in [1.54, 1.807) is 38.1 Å². The number of nitrogens with zero attached hydrogens (tertiary/aromatic N) is 1. The molecule has 0 aliphatic carbocycles.